The van der Waals surface area contributed by atoms with Crippen LogP contribution in [0, 0.1) is 0 Å². The molecular weight excluding hydrogens is 546 g/mol. The first-order chi connectivity index (χ1) is 19.9. The number of benzene rings is 3. The number of amidine groups is 1. The molecule has 3 aromatic carbocycles. The zero-order valence-corrected chi connectivity index (χ0v) is 23.4. The van der Waals surface area contributed by atoms with Gasteiger partial charge in [-0.2, -0.15) is 0 Å². The van der Waals surface area contributed by atoms with Crippen molar-refractivity contribution < 1.29 is 33.3 Å². The number of hydrogen-bond acceptors (Lipinski definition) is 9. The Morgan fingerprint density at radius 1 is 1.02 bits per heavy atom. The summed E-state index contributed by atoms with van der Waals surface area (Å²) in [5.41, 5.74) is 2.32. The number of thioether (sulfide) groups is 1. The van der Waals surface area contributed by atoms with E-state index in [1.54, 1.807) is 60.4 Å². The number of carbonyl (C=O) groups excluding carboxylic acids is 3. The first-order valence-corrected chi connectivity index (χ1v) is 14.1. The molecule has 0 aromatic heterocycles. The van der Waals surface area contributed by atoms with Gasteiger partial charge in [-0.1, -0.05) is 23.9 Å². The number of hydrogen-bond donors (Lipinski definition) is 1. The van der Waals surface area contributed by atoms with E-state index >= 15 is 0 Å². The predicted molar refractivity (Wildman–Crippen MR) is 155 cm³/mol. The van der Waals surface area contributed by atoms with Crippen molar-refractivity contribution in [3.05, 3.63) is 77.9 Å². The number of amides is 2. The number of rotatable bonds is 9. The molecule has 11 heteroatoms. The lowest BCUT2D eigenvalue weighted by Crippen LogP contribution is -2.44. The monoisotopic (exact) mass is 575 g/mol. The van der Waals surface area contributed by atoms with Gasteiger partial charge in [0.1, 0.15) is 11.0 Å². The third kappa shape index (κ3) is 6.80. The molecule has 212 valence electrons. The molecule has 2 aliphatic rings. The molecule has 0 bridgehead atoms. The van der Waals surface area contributed by atoms with Crippen molar-refractivity contribution in [1.82, 2.24) is 4.90 Å². The van der Waals surface area contributed by atoms with Crippen LogP contribution in [0.2, 0.25) is 0 Å². The van der Waals surface area contributed by atoms with Crippen molar-refractivity contribution in [2.45, 2.75) is 32.1 Å². The Morgan fingerprint density at radius 2 is 1.83 bits per heavy atom. The molecule has 0 radical (unpaired) electrons. The van der Waals surface area contributed by atoms with Gasteiger partial charge < -0.3 is 24.3 Å². The summed E-state index contributed by atoms with van der Waals surface area (Å²) in [6.07, 6.45) is -0.00693. The summed E-state index contributed by atoms with van der Waals surface area (Å²) in [6.45, 7) is 4.78. The van der Waals surface area contributed by atoms with Crippen LogP contribution in [-0.4, -0.2) is 53.1 Å². The van der Waals surface area contributed by atoms with E-state index in [4.69, 9.17) is 23.9 Å². The molecule has 41 heavy (non-hydrogen) atoms. The zero-order chi connectivity index (χ0) is 28.8. The number of carbonyl (C=O) groups is 3. The van der Waals surface area contributed by atoms with Crippen molar-refractivity contribution in [2.75, 3.05) is 25.3 Å². The third-order valence-corrected chi connectivity index (χ3v) is 7.41. The first-order valence-electron chi connectivity index (χ1n) is 13.2. The molecule has 1 fully saturated rings. The molecule has 5 rings (SSSR count). The molecular formula is C30H29N3O7S. The van der Waals surface area contributed by atoms with Crippen LogP contribution in [0.5, 0.6) is 17.2 Å². The lowest BCUT2D eigenvalue weighted by molar-refractivity contribution is -0.129. The molecule has 2 amide bonds. The van der Waals surface area contributed by atoms with Gasteiger partial charge in [-0.3, -0.25) is 14.5 Å². The number of nitrogens with one attached hydrogen (secondary N) is 1. The third-order valence-electron chi connectivity index (χ3n) is 6.23. The Hall–Kier alpha value is -4.51. The lowest BCUT2D eigenvalue weighted by Gasteiger charge is -2.32. The van der Waals surface area contributed by atoms with Crippen LogP contribution in [0.25, 0.3) is 0 Å². The van der Waals surface area contributed by atoms with Gasteiger partial charge in [0.2, 0.25) is 18.6 Å². The Morgan fingerprint density at radius 3 is 2.61 bits per heavy atom. The maximum Gasteiger partial charge on any atom is 0.338 e. The van der Waals surface area contributed by atoms with Gasteiger partial charge in [-0.15, -0.1) is 0 Å². The molecule has 1 atom stereocenters. The normalized spacial score (nSPS) is 16.9. The second-order valence-electron chi connectivity index (χ2n) is 9.09. The van der Waals surface area contributed by atoms with Crippen molar-refractivity contribution in [1.29, 1.82) is 0 Å². The SMILES string of the molecule is CCOC(=O)c1ccc(N=C2SC(C(=O)Nc3cccc(OCC)c3)CC(=O)N2Cc2ccc3c(c2)OCO3)cc1. The van der Waals surface area contributed by atoms with E-state index in [0.717, 1.165) is 5.56 Å². The van der Waals surface area contributed by atoms with Crippen LogP contribution in [0.1, 0.15) is 36.2 Å². The molecule has 2 heterocycles. The summed E-state index contributed by atoms with van der Waals surface area (Å²) in [5, 5.41) is 2.55. The highest BCUT2D eigenvalue weighted by molar-refractivity contribution is 8.15. The van der Waals surface area contributed by atoms with Gasteiger partial charge in [0.05, 0.1) is 31.0 Å². The van der Waals surface area contributed by atoms with E-state index in [9.17, 15) is 14.4 Å². The molecule has 0 spiro atoms. The van der Waals surface area contributed by atoms with Crippen LogP contribution >= 0.6 is 11.8 Å². The summed E-state index contributed by atoms with van der Waals surface area (Å²) in [7, 11) is 0. The largest absolute Gasteiger partial charge is 0.494 e. The zero-order valence-electron chi connectivity index (χ0n) is 22.6. The average molecular weight is 576 g/mol. The standard InChI is InChI=1S/C30H29N3O7S/c1-3-37-23-7-5-6-22(15-23)31-28(35)26-16-27(34)33(17-19-8-13-24-25(14-19)40-18-39-24)30(41-26)32-21-11-9-20(10-12-21)29(36)38-4-2/h5-15,26H,3-4,16-18H2,1-2H3,(H,31,35). The van der Waals surface area contributed by atoms with E-state index in [1.165, 1.54) is 11.8 Å². The van der Waals surface area contributed by atoms with Gasteiger partial charge in [0.15, 0.2) is 16.7 Å². The van der Waals surface area contributed by atoms with Gasteiger partial charge in [0, 0.05) is 18.2 Å². The minimum Gasteiger partial charge on any atom is -0.494 e. The molecule has 1 saturated heterocycles. The van der Waals surface area contributed by atoms with E-state index in [-0.39, 0.29) is 38.2 Å². The van der Waals surface area contributed by atoms with Crippen LogP contribution in [0.4, 0.5) is 11.4 Å². The quantitative estimate of drug-likeness (QED) is 0.348. The first kappa shape index (κ1) is 28.0. The molecule has 2 aliphatic heterocycles. The number of anilines is 1. The molecule has 3 aromatic rings. The highest BCUT2D eigenvalue weighted by Crippen LogP contribution is 2.35. The highest BCUT2D eigenvalue weighted by Gasteiger charge is 2.36. The number of ether oxygens (including phenoxy) is 4. The molecule has 1 unspecified atom stereocenters. The van der Waals surface area contributed by atoms with Crippen molar-refractivity contribution >= 4 is 46.1 Å². The highest BCUT2D eigenvalue weighted by atomic mass is 32.2. The van der Waals surface area contributed by atoms with Gasteiger partial charge >= 0.3 is 5.97 Å². The van der Waals surface area contributed by atoms with Crippen LogP contribution in [0.15, 0.2) is 71.7 Å². The van der Waals surface area contributed by atoms with Crippen LogP contribution in [-0.2, 0) is 20.9 Å². The van der Waals surface area contributed by atoms with Crippen molar-refractivity contribution in [3.8, 4) is 17.2 Å². The van der Waals surface area contributed by atoms with Crippen LogP contribution < -0.4 is 19.5 Å². The van der Waals surface area contributed by atoms with E-state index in [2.05, 4.69) is 5.32 Å². The maximum atomic E-state index is 13.5. The van der Waals surface area contributed by atoms with Gasteiger partial charge in [-0.05, 0) is 67.9 Å². The second kappa shape index (κ2) is 12.8. The van der Waals surface area contributed by atoms with Gasteiger partial charge in [-0.25, -0.2) is 9.79 Å². The Bertz CT molecular complexity index is 1480. The number of esters is 1. The summed E-state index contributed by atoms with van der Waals surface area (Å²) in [6, 6.07) is 19.2. The average Bonchev–Trinajstić information content (AvgIpc) is 3.44. The van der Waals surface area contributed by atoms with Crippen molar-refractivity contribution in [3.63, 3.8) is 0 Å². The fourth-order valence-corrected chi connectivity index (χ4v) is 5.37. The van der Waals surface area contributed by atoms with Crippen LogP contribution in [0.3, 0.4) is 0 Å². The fraction of sp³-hybridized carbons (Fsp3) is 0.267. The molecule has 1 N–H and O–H groups in total. The molecule has 0 aliphatic carbocycles. The topological polar surface area (TPSA) is 116 Å². The number of nitrogens with zero attached hydrogens (tertiary/aromatic N) is 2. The van der Waals surface area contributed by atoms with E-state index < -0.39 is 11.2 Å². The van der Waals surface area contributed by atoms with Crippen molar-refractivity contribution in [2.24, 2.45) is 4.99 Å². The lowest BCUT2D eigenvalue weighted by atomic mass is 10.1. The summed E-state index contributed by atoms with van der Waals surface area (Å²) in [5.74, 6) is 0.911. The Labute approximate surface area is 241 Å². The summed E-state index contributed by atoms with van der Waals surface area (Å²) in [4.78, 5) is 45.1. The second-order valence-corrected chi connectivity index (χ2v) is 10.3. The summed E-state index contributed by atoms with van der Waals surface area (Å²) >= 11 is 1.21. The summed E-state index contributed by atoms with van der Waals surface area (Å²) < 4.78 is 21.5. The van der Waals surface area contributed by atoms with E-state index in [1.807, 2.05) is 25.1 Å². The minimum absolute atomic E-state index is 0.00693. The van der Waals surface area contributed by atoms with Gasteiger partial charge in [0.25, 0.3) is 0 Å². The predicted octanol–water partition coefficient (Wildman–Crippen LogP) is 5.15. The number of fused-ring (bicyclic) bond motifs is 1. The number of aliphatic imine (C=N–C) groups is 1. The minimum atomic E-state index is -0.705. The fourth-order valence-electron chi connectivity index (χ4n) is 4.27. The van der Waals surface area contributed by atoms with E-state index in [0.29, 0.717) is 46.0 Å². The Balaban J connectivity index is 1.39. The molecule has 10 nitrogen and oxygen atoms in total. The molecule has 0 saturated carbocycles. The Kier molecular flexibility index (Phi) is 8.73. The smallest absolute Gasteiger partial charge is 0.338 e. The maximum absolute atomic E-state index is 13.5.